The number of hydrogen-bond donors (Lipinski definition) is 0. The van der Waals surface area contributed by atoms with Gasteiger partial charge in [-0.1, -0.05) is 19.9 Å². The Labute approximate surface area is 108 Å². The van der Waals surface area contributed by atoms with E-state index in [1.807, 2.05) is 0 Å². The molecule has 2 heteroatoms. The van der Waals surface area contributed by atoms with E-state index in [0.717, 1.165) is 23.8 Å². The van der Waals surface area contributed by atoms with Crippen LogP contribution >= 0.6 is 0 Å². The SMILES string of the molecule is CC(C)C1CCC(Cc2ccc(F)c(F)c2)CC1. The minimum Gasteiger partial charge on any atom is -0.204 e. The Morgan fingerprint density at radius 2 is 1.72 bits per heavy atom. The van der Waals surface area contributed by atoms with Crippen molar-refractivity contribution < 1.29 is 8.78 Å². The lowest BCUT2D eigenvalue weighted by Crippen LogP contribution is -2.19. The smallest absolute Gasteiger partial charge is 0.159 e. The maximum atomic E-state index is 13.1. The van der Waals surface area contributed by atoms with Gasteiger partial charge in [0, 0.05) is 0 Å². The summed E-state index contributed by atoms with van der Waals surface area (Å²) in [6.07, 6.45) is 5.91. The summed E-state index contributed by atoms with van der Waals surface area (Å²) >= 11 is 0. The van der Waals surface area contributed by atoms with Crippen molar-refractivity contribution in [2.45, 2.75) is 46.0 Å². The molecule has 0 spiro atoms. The second-order valence-corrected chi connectivity index (χ2v) is 5.98. The van der Waals surface area contributed by atoms with E-state index >= 15 is 0 Å². The van der Waals surface area contributed by atoms with Crippen molar-refractivity contribution in [3.05, 3.63) is 35.4 Å². The van der Waals surface area contributed by atoms with Gasteiger partial charge < -0.3 is 0 Å². The van der Waals surface area contributed by atoms with Crippen molar-refractivity contribution in [2.24, 2.45) is 17.8 Å². The van der Waals surface area contributed by atoms with Gasteiger partial charge >= 0.3 is 0 Å². The number of halogens is 2. The number of hydrogen-bond acceptors (Lipinski definition) is 0. The van der Waals surface area contributed by atoms with E-state index < -0.39 is 11.6 Å². The van der Waals surface area contributed by atoms with E-state index in [0.29, 0.717) is 5.92 Å². The number of benzene rings is 1. The molecule has 1 aliphatic rings. The van der Waals surface area contributed by atoms with Crippen LogP contribution in [0.4, 0.5) is 8.78 Å². The van der Waals surface area contributed by atoms with Crippen molar-refractivity contribution in [1.29, 1.82) is 0 Å². The summed E-state index contributed by atoms with van der Waals surface area (Å²) in [7, 11) is 0. The van der Waals surface area contributed by atoms with Crippen LogP contribution in [0.3, 0.4) is 0 Å². The molecule has 0 radical (unpaired) electrons. The lowest BCUT2D eigenvalue weighted by Gasteiger charge is -2.30. The van der Waals surface area contributed by atoms with Crippen LogP contribution in [0, 0.1) is 29.4 Å². The highest BCUT2D eigenvalue weighted by Crippen LogP contribution is 2.34. The molecule has 0 bridgehead atoms. The third-order valence-electron chi connectivity index (χ3n) is 4.34. The second kappa shape index (κ2) is 5.81. The van der Waals surface area contributed by atoms with E-state index in [2.05, 4.69) is 13.8 Å². The molecule has 0 saturated heterocycles. The van der Waals surface area contributed by atoms with Crippen LogP contribution in [0.2, 0.25) is 0 Å². The van der Waals surface area contributed by atoms with Crippen molar-refractivity contribution in [3.8, 4) is 0 Å². The van der Waals surface area contributed by atoms with Crippen molar-refractivity contribution in [1.82, 2.24) is 0 Å². The molecule has 0 aromatic heterocycles. The number of rotatable bonds is 3. The molecular formula is C16H22F2. The summed E-state index contributed by atoms with van der Waals surface area (Å²) in [5, 5.41) is 0. The van der Waals surface area contributed by atoms with Gasteiger partial charge in [-0.3, -0.25) is 0 Å². The first-order valence-electron chi connectivity index (χ1n) is 7.00. The molecule has 0 atom stereocenters. The lowest BCUT2D eigenvalue weighted by atomic mass is 9.75. The quantitative estimate of drug-likeness (QED) is 0.712. The first kappa shape index (κ1) is 13.5. The van der Waals surface area contributed by atoms with Crippen LogP contribution in [-0.4, -0.2) is 0 Å². The molecule has 0 amide bonds. The summed E-state index contributed by atoms with van der Waals surface area (Å²) in [6.45, 7) is 4.58. The Morgan fingerprint density at radius 1 is 1.06 bits per heavy atom. The molecule has 1 saturated carbocycles. The van der Waals surface area contributed by atoms with Crippen molar-refractivity contribution in [3.63, 3.8) is 0 Å². The maximum absolute atomic E-state index is 13.1. The standard InChI is InChI=1S/C16H22F2/c1-11(2)14-6-3-12(4-7-14)9-13-5-8-15(17)16(18)10-13/h5,8,10-12,14H,3-4,6-7,9H2,1-2H3. The fraction of sp³-hybridized carbons (Fsp3) is 0.625. The monoisotopic (exact) mass is 252 g/mol. The van der Waals surface area contributed by atoms with Gasteiger partial charge in [0.05, 0.1) is 0 Å². The van der Waals surface area contributed by atoms with Gasteiger partial charge in [0.25, 0.3) is 0 Å². The summed E-state index contributed by atoms with van der Waals surface area (Å²) < 4.78 is 26.0. The zero-order chi connectivity index (χ0) is 13.1. The van der Waals surface area contributed by atoms with Crippen LogP contribution in [0.5, 0.6) is 0 Å². The fourth-order valence-corrected chi connectivity index (χ4v) is 3.06. The summed E-state index contributed by atoms with van der Waals surface area (Å²) in [4.78, 5) is 0. The summed E-state index contributed by atoms with van der Waals surface area (Å²) in [6, 6.07) is 4.31. The normalized spacial score (nSPS) is 24.5. The van der Waals surface area contributed by atoms with Crippen molar-refractivity contribution >= 4 is 0 Å². The molecule has 0 N–H and O–H groups in total. The Morgan fingerprint density at radius 3 is 2.28 bits per heavy atom. The summed E-state index contributed by atoms with van der Waals surface area (Å²) in [5.41, 5.74) is 0.932. The highest BCUT2D eigenvalue weighted by molar-refractivity contribution is 5.18. The van der Waals surface area contributed by atoms with Gasteiger partial charge in [0.2, 0.25) is 0 Å². The zero-order valence-corrected chi connectivity index (χ0v) is 11.3. The van der Waals surface area contributed by atoms with E-state index in [1.54, 1.807) is 6.07 Å². The van der Waals surface area contributed by atoms with Crippen LogP contribution < -0.4 is 0 Å². The highest BCUT2D eigenvalue weighted by atomic mass is 19.2. The van der Waals surface area contributed by atoms with Gasteiger partial charge in [-0.25, -0.2) is 8.78 Å². The largest absolute Gasteiger partial charge is 0.204 e. The molecule has 100 valence electrons. The molecule has 0 heterocycles. The molecule has 0 unspecified atom stereocenters. The first-order valence-corrected chi connectivity index (χ1v) is 7.00. The van der Waals surface area contributed by atoms with Crippen LogP contribution in [0.1, 0.15) is 45.1 Å². The van der Waals surface area contributed by atoms with E-state index in [9.17, 15) is 8.78 Å². The Balaban J connectivity index is 1.89. The third-order valence-corrected chi connectivity index (χ3v) is 4.34. The van der Waals surface area contributed by atoms with Crippen molar-refractivity contribution in [2.75, 3.05) is 0 Å². The summed E-state index contributed by atoms with van der Waals surface area (Å²) in [5.74, 6) is 0.802. The molecule has 1 fully saturated rings. The van der Waals surface area contributed by atoms with Crippen LogP contribution in [0.25, 0.3) is 0 Å². The Kier molecular flexibility index (Phi) is 4.36. The molecular weight excluding hydrogens is 230 g/mol. The maximum Gasteiger partial charge on any atom is 0.159 e. The average Bonchev–Trinajstić information content (AvgIpc) is 2.34. The minimum atomic E-state index is -0.748. The minimum absolute atomic E-state index is 0.643. The topological polar surface area (TPSA) is 0 Å². The molecule has 1 aromatic rings. The Bertz CT molecular complexity index is 390. The van der Waals surface area contributed by atoms with Crippen LogP contribution in [0.15, 0.2) is 18.2 Å². The van der Waals surface area contributed by atoms with Crippen LogP contribution in [-0.2, 0) is 6.42 Å². The predicted octanol–water partition coefficient (Wildman–Crippen LogP) is 4.97. The predicted molar refractivity (Wildman–Crippen MR) is 70.3 cm³/mol. The van der Waals surface area contributed by atoms with E-state index in [1.165, 1.54) is 37.8 Å². The molecule has 2 rings (SSSR count). The second-order valence-electron chi connectivity index (χ2n) is 5.98. The Hall–Kier alpha value is -0.920. The van der Waals surface area contributed by atoms with E-state index in [4.69, 9.17) is 0 Å². The first-order chi connectivity index (χ1) is 8.56. The van der Waals surface area contributed by atoms with Gasteiger partial charge in [0.15, 0.2) is 11.6 Å². The van der Waals surface area contributed by atoms with Gasteiger partial charge in [-0.05, 0) is 67.6 Å². The molecule has 18 heavy (non-hydrogen) atoms. The molecule has 1 aromatic carbocycles. The molecule has 0 nitrogen and oxygen atoms in total. The third kappa shape index (κ3) is 3.30. The average molecular weight is 252 g/mol. The lowest BCUT2D eigenvalue weighted by molar-refractivity contribution is 0.223. The van der Waals surface area contributed by atoms with Gasteiger partial charge in [-0.2, -0.15) is 0 Å². The van der Waals surface area contributed by atoms with Gasteiger partial charge in [-0.15, -0.1) is 0 Å². The van der Waals surface area contributed by atoms with Gasteiger partial charge in [0.1, 0.15) is 0 Å². The molecule has 1 aliphatic carbocycles. The zero-order valence-electron chi connectivity index (χ0n) is 11.3. The fourth-order valence-electron chi connectivity index (χ4n) is 3.06. The van der Waals surface area contributed by atoms with E-state index in [-0.39, 0.29) is 0 Å². The molecule has 0 aliphatic heterocycles. The highest BCUT2D eigenvalue weighted by Gasteiger charge is 2.23.